The van der Waals surface area contributed by atoms with Gasteiger partial charge in [-0.25, -0.2) is 9.48 Å². The number of anilines is 2. The maximum atomic E-state index is 12.0. The maximum Gasteiger partial charge on any atom is 0.345 e. The van der Waals surface area contributed by atoms with Gasteiger partial charge in [0.15, 0.2) is 5.82 Å². The molecule has 1 aliphatic rings. The highest BCUT2D eigenvalue weighted by molar-refractivity contribution is 5.99. The van der Waals surface area contributed by atoms with Crippen molar-refractivity contribution in [1.82, 2.24) is 9.78 Å². The summed E-state index contributed by atoms with van der Waals surface area (Å²) in [5, 5.41) is 4.55. The lowest BCUT2D eigenvalue weighted by Gasteiger charge is -2.31. The third-order valence-corrected chi connectivity index (χ3v) is 3.76. The number of esters is 1. The summed E-state index contributed by atoms with van der Waals surface area (Å²) in [6.45, 7) is 8.01. The minimum absolute atomic E-state index is 0.106. The van der Waals surface area contributed by atoms with Crippen LogP contribution in [0.3, 0.4) is 0 Å². The number of piperidine rings is 1. The zero-order valence-corrected chi connectivity index (χ0v) is 12.7. The Morgan fingerprint density at radius 1 is 1.50 bits per heavy atom. The van der Waals surface area contributed by atoms with Crippen molar-refractivity contribution in [3.05, 3.63) is 5.56 Å². The van der Waals surface area contributed by atoms with Crippen molar-refractivity contribution in [2.45, 2.75) is 39.7 Å². The van der Waals surface area contributed by atoms with Gasteiger partial charge in [-0.15, -0.1) is 0 Å². The Kier molecular flexibility index (Phi) is 4.20. The summed E-state index contributed by atoms with van der Waals surface area (Å²) in [5.74, 6) is 1.23. The SMILES string of the molecule is COC(=O)c1c(N2CCCC(C)C2)nn(C(C)C)c1N. The van der Waals surface area contributed by atoms with Crippen molar-refractivity contribution in [3.8, 4) is 0 Å². The summed E-state index contributed by atoms with van der Waals surface area (Å²) in [7, 11) is 1.37. The van der Waals surface area contributed by atoms with Gasteiger partial charge in [-0.2, -0.15) is 5.10 Å². The van der Waals surface area contributed by atoms with Gasteiger partial charge in [0.1, 0.15) is 11.4 Å². The fourth-order valence-electron chi connectivity index (χ4n) is 2.73. The topological polar surface area (TPSA) is 73.4 Å². The quantitative estimate of drug-likeness (QED) is 0.858. The average Bonchev–Trinajstić information content (AvgIpc) is 2.75. The summed E-state index contributed by atoms with van der Waals surface area (Å²) in [6, 6.07) is 0.106. The molecule has 0 radical (unpaired) electrons. The number of hydrogen-bond donors (Lipinski definition) is 1. The van der Waals surface area contributed by atoms with Crippen LogP contribution in [0.4, 0.5) is 11.6 Å². The molecule has 2 heterocycles. The first-order valence-corrected chi connectivity index (χ1v) is 7.17. The van der Waals surface area contributed by atoms with Crippen LogP contribution in [0.15, 0.2) is 0 Å². The maximum absolute atomic E-state index is 12.0. The number of rotatable bonds is 3. The highest BCUT2D eigenvalue weighted by atomic mass is 16.5. The second-order valence-corrected chi connectivity index (χ2v) is 5.81. The molecule has 6 nitrogen and oxygen atoms in total. The van der Waals surface area contributed by atoms with Crippen molar-refractivity contribution >= 4 is 17.6 Å². The first kappa shape index (κ1) is 14.7. The zero-order valence-electron chi connectivity index (χ0n) is 12.7. The molecular formula is C14H24N4O2. The number of hydrogen-bond acceptors (Lipinski definition) is 5. The van der Waals surface area contributed by atoms with Gasteiger partial charge in [0.2, 0.25) is 0 Å². The molecule has 1 saturated heterocycles. The molecule has 6 heteroatoms. The molecule has 1 aromatic heterocycles. The number of aromatic nitrogens is 2. The fourth-order valence-corrected chi connectivity index (χ4v) is 2.73. The molecule has 0 aromatic carbocycles. The highest BCUT2D eigenvalue weighted by Gasteiger charge is 2.29. The Bertz CT molecular complexity index is 496. The molecule has 0 aliphatic carbocycles. The van der Waals surface area contributed by atoms with Crippen molar-refractivity contribution in [3.63, 3.8) is 0 Å². The van der Waals surface area contributed by atoms with Crippen LogP contribution in [-0.4, -0.2) is 35.9 Å². The summed E-state index contributed by atoms with van der Waals surface area (Å²) < 4.78 is 6.56. The second-order valence-electron chi connectivity index (χ2n) is 5.81. The largest absolute Gasteiger partial charge is 0.465 e. The standard InChI is InChI=1S/C14H24N4O2/c1-9(2)18-12(15)11(14(19)20-4)13(16-18)17-7-5-6-10(3)8-17/h9-10H,5-8,15H2,1-4H3. The van der Waals surface area contributed by atoms with Crippen LogP contribution in [0.2, 0.25) is 0 Å². The molecule has 1 aromatic rings. The number of nitrogen functional groups attached to an aromatic ring is 1. The van der Waals surface area contributed by atoms with Crippen LogP contribution in [0.25, 0.3) is 0 Å². The molecule has 0 bridgehead atoms. The van der Waals surface area contributed by atoms with Gasteiger partial charge >= 0.3 is 5.97 Å². The number of carbonyl (C=O) groups is 1. The Balaban J connectivity index is 2.44. The summed E-state index contributed by atoms with van der Waals surface area (Å²) in [5.41, 5.74) is 6.49. The van der Waals surface area contributed by atoms with E-state index in [2.05, 4.69) is 16.9 Å². The van der Waals surface area contributed by atoms with Crippen LogP contribution < -0.4 is 10.6 Å². The van der Waals surface area contributed by atoms with E-state index in [0.717, 1.165) is 19.5 Å². The summed E-state index contributed by atoms with van der Waals surface area (Å²) in [4.78, 5) is 14.2. The monoisotopic (exact) mass is 280 g/mol. The molecule has 0 saturated carbocycles. The van der Waals surface area contributed by atoms with Gasteiger partial charge < -0.3 is 15.4 Å². The summed E-state index contributed by atoms with van der Waals surface area (Å²) in [6.07, 6.45) is 2.32. The number of nitrogens with two attached hydrogens (primary N) is 1. The number of ether oxygens (including phenoxy) is 1. The van der Waals surface area contributed by atoms with Gasteiger partial charge in [0.05, 0.1) is 7.11 Å². The lowest BCUT2D eigenvalue weighted by atomic mass is 10.00. The lowest BCUT2D eigenvalue weighted by Crippen LogP contribution is -2.35. The third kappa shape index (κ3) is 2.59. The normalized spacial score (nSPS) is 19.4. The minimum atomic E-state index is -0.414. The molecule has 1 fully saturated rings. The number of methoxy groups -OCH3 is 1. The van der Waals surface area contributed by atoms with Crippen molar-refractivity contribution < 1.29 is 9.53 Å². The van der Waals surface area contributed by atoms with E-state index in [1.165, 1.54) is 13.5 Å². The van der Waals surface area contributed by atoms with Crippen molar-refractivity contribution in [2.75, 3.05) is 30.8 Å². The van der Waals surface area contributed by atoms with Crippen LogP contribution in [0.1, 0.15) is 50.0 Å². The molecule has 0 amide bonds. The molecule has 1 aliphatic heterocycles. The predicted molar refractivity (Wildman–Crippen MR) is 79.0 cm³/mol. The molecule has 0 spiro atoms. The third-order valence-electron chi connectivity index (χ3n) is 3.76. The number of carbonyl (C=O) groups excluding carboxylic acids is 1. The van der Waals surface area contributed by atoms with Crippen LogP contribution in [0, 0.1) is 5.92 Å². The Morgan fingerprint density at radius 2 is 2.20 bits per heavy atom. The van der Waals surface area contributed by atoms with Crippen LogP contribution in [0.5, 0.6) is 0 Å². The van der Waals surface area contributed by atoms with Gasteiger partial charge in [-0.1, -0.05) is 6.92 Å². The van der Waals surface area contributed by atoms with Crippen LogP contribution in [-0.2, 0) is 4.74 Å². The molecule has 2 rings (SSSR count). The predicted octanol–water partition coefficient (Wildman–Crippen LogP) is 2.07. The Hall–Kier alpha value is -1.72. The van der Waals surface area contributed by atoms with Gasteiger partial charge in [-0.05, 0) is 32.6 Å². The van der Waals surface area contributed by atoms with Crippen molar-refractivity contribution in [2.24, 2.45) is 5.92 Å². The van der Waals surface area contributed by atoms with E-state index in [1.807, 2.05) is 13.8 Å². The second kappa shape index (κ2) is 5.73. The van der Waals surface area contributed by atoms with E-state index in [4.69, 9.17) is 10.5 Å². The first-order valence-electron chi connectivity index (χ1n) is 7.17. The van der Waals surface area contributed by atoms with E-state index >= 15 is 0 Å². The highest BCUT2D eigenvalue weighted by Crippen LogP contribution is 2.31. The van der Waals surface area contributed by atoms with E-state index in [1.54, 1.807) is 4.68 Å². The molecule has 112 valence electrons. The van der Waals surface area contributed by atoms with Crippen LogP contribution >= 0.6 is 0 Å². The van der Waals surface area contributed by atoms with Gasteiger partial charge in [0, 0.05) is 19.1 Å². The van der Waals surface area contributed by atoms with E-state index < -0.39 is 5.97 Å². The first-order chi connectivity index (χ1) is 9.45. The smallest absolute Gasteiger partial charge is 0.345 e. The summed E-state index contributed by atoms with van der Waals surface area (Å²) >= 11 is 0. The lowest BCUT2D eigenvalue weighted by molar-refractivity contribution is 0.0602. The molecule has 1 unspecified atom stereocenters. The van der Waals surface area contributed by atoms with Gasteiger partial charge in [-0.3, -0.25) is 0 Å². The Labute approximate surface area is 119 Å². The molecular weight excluding hydrogens is 256 g/mol. The molecule has 1 atom stereocenters. The number of nitrogens with zero attached hydrogens (tertiary/aromatic N) is 3. The van der Waals surface area contributed by atoms with Gasteiger partial charge in [0.25, 0.3) is 0 Å². The van der Waals surface area contributed by atoms with E-state index in [-0.39, 0.29) is 6.04 Å². The molecule has 2 N–H and O–H groups in total. The molecule has 20 heavy (non-hydrogen) atoms. The minimum Gasteiger partial charge on any atom is -0.465 e. The Morgan fingerprint density at radius 3 is 2.75 bits per heavy atom. The average molecular weight is 280 g/mol. The van der Waals surface area contributed by atoms with E-state index in [9.17, 15) is 4.79 Å². The fraction of sp³-hybridized carbons (Fsp3) is 0.714. The van der Waals surface area contributed by atoms with Crippen molar-refractivity contribution in [1.29, 1.82) is 0 Å². The zero-order chi connectivity index (χ0) is 14.9. The van der Waals surface area contributed by atoms with E-state index in [0.29, 0.717) is 23.1 Å².